The van der Waals surface area contributed by atoms with Gasteiger partial charge in [0.2, 0.25) is 5.91 Å². The summed E-state index contributed by atoms with van der Waals surface area (Å²) in [6, 6.07) is 0. The van der Waals surface area contributed by atoms with Crippen LogP contribution in [0.15, 0.2) is 18.6 Å². The van der Waals surface area contributed by atoms with Gasteiger partial charge in [0, 0.05) is 25.2 Å². The number of nitrogens with zero attached hydrogens (tertiary/aromatic N) is 2. The molecule has 1 amide bonds. The zero-order valence-corrected chi connectivity index (χ0v) is 8.45. The van der Waals surface area contributed by atoms with E-state index >= 15 is 0 Å². The van der Waals surface area contributed by atoms with Crippen molar-refractivity contribution in [1.29, 1.82) is 0 Å². The third kappa shape index (κ3) is 3.53. The number of hydrogen-bond acceptors (Lipinski definition) is 3. The molecule has 0 aromatic carbocycles. The Hall–Kier alpha value is -1.42. The molecular formula is C9H10ClN3O. The molecule has 0 radical (unpaired) electrons. The maximum absolute atomic E-state index is 10.5. The van der Waals surface area contributed by atoms with Crippen molar-refractivity contribution in [2.24, 2.45) is 0 Å². The summed E-state index contributed by atoms with van der Waals surface area (Å²) in [5.74, 6) is -0.0648. The van der Waals surface area contributed by atoms with Gasteiger partial charge in [-0.3, -0.25) is 4.79 Å². The normalized spacial score (nSPS) is 10.4. The predicted molar refractivity (Wildman–Crippen MR) is 54.8 cm³/mol. The Balaban J connectivity index is 2.52. The second kappa shape index (κ2) is 5.34. The van der Waals surface area contributed by atoms with E-state index in [1.807, 2.05) is 0 Å². The van der Waals surface area contributed by atoms with Crippen LogP contribution in [-0.2, 0) is 4.79 Å². The van der Waals surface area contributed by atoms with Crippen molar-refractivity contribution in [3.63, 3.8) is 0 Å². The summed E-state index contributed by atoms with van der Waals surface area (Å²) in [5, 5.41) is 3.03. The Bertz CT molecular complexity index is 352. The highest BCUT2D eigenvalue weighted by Gasteiger charge is 1.94. The van der Waals surface area contributed by atoms with Gasteiger partial charge < -0.3 is 5.32 Å². The Morgan fingerprint density at radius 2 is 2.50 bits per heavy atom. The molecule has 0 atom stereocenters. The van der Waals surface area contributed by atoms with Crippen LogP contribution in [0.1, 0.15) is 12.5 Å². The van der Waals surface area contributed by atoms with Crippen molar-refractivity contribution in [2.45, 2.75) is 6.92 Å². The molecule has 0 fully saturated rings. The maximum Gasteiger partial charge on any atom is 0.217 e. The van der Waals surface area contributed by atoms with Crippen molar-refractivity contribution in [3.05, 3.63) is 29.3 Å². The molecule has 0 unspecified atom stereocenters. The number of carbonyl (C=O) groups excluding carboxylic acids is 1. The first kappa shape index (κ1) is 10.7. The summed E-state index contributed by atoms with van der Waals surface area (Å²) in [6.45, 7) is 1.94. The number of hydrogen-bond donors (Lipinski definition) is 1. The molecule has 1 aromatic rings. The van der Waals surface area contributed by atoms with Crippen LogP contribution >= 0.6 is 11.6 Å². The zero-order valence-electron chi connectivity index (χ0n) is 7.70. The Morgan fingerprint density at radius 1 is 1.71 bits per heavy atom. The molecule has 0 bridgehead atoms. The summed E-state index contributed by atoms with van der Waals surface area (Å²) in [4.78, 5) is 18.2. The summed E-state index contributed by atoms with van der Waals surface area (Å²) in [6.07, 6.45) is 6.54. The minimum Gasteiger partial charge on any atom is -0.353 e. The van der Waals surface area contributed by atoms with E-state index in [-0.39, 0.29) is 5.91 Å². The number of carbonyl (C=O) groups is 1. The second-order valence-corrected chi connectivity index (χ2v) is 2.97. The molecule has 14 heavy (non-hydrogen) atoms. The molecule has 0 spiro atoms. The standard InChI is InChI=1S/C9H10ClN3O/c1-7(14)12-4-2-3-8-5-11-6-13-9(8)10/h2-3,5-6H,4H2,1H3,(H,12,14). The first-order valence-corrected chi connectivity index (χ1v) is 4.44. The van der Waals surface area contributed by atoms with Gasteiger partial charge in [0.15, 0.2) is 0 Å². The Kier molecular flexibility index (Phi) is 4.07. The Labute approximate surface area is 87.0 Å². The zero-order chi connectivity index (χ0) is 10.4. The number of aromatic nitrogens is 2. The molecule has 0 saturated carbocycles. The topological polar surface area (TPSA) is 54.9 Å². The van der Waals surface area contributed by atoms with Crippen molar-refractivity contribution in [3.8, 4) is 0 Å². The number of rotatable bonds is 3. The quantitative estimate of drug-likeness (QED) is 0.767. The van der Waals surface area contributed by atoms with Crippen LogP contribution in [-0.4, -0.2) is 22.4 Å². The van der Waals surface area contributed by atoms with Crippen molar-refractivity contribution in [1.82, 2.24) is 15.3 Å². The lowest BCUT2D eigenvalue weighted by Gasteiger charge is -1.96. The van der Waals surface area contributed by atoms with E-state index in [4.69, 9.17) is 11.6 Å². The van der Waals surface area contributed by atoms with Gasteiger partial charge in [-0.1, -0.05) is 23.8 Å². The molecule has 1 aromatic heterocycles. The highest BCUT2D eigenvalue weighted by Crippen LogP contribution is 2.11. The fraction of sp³-hybridized carbons (Fsp3) is 0.222. The van der Waals surface area contributed by atoms with E-state index in [9.17, 15) is 4.79 Å². The first-order valence-electron chi connectivity index (χ1n) is 4.06. The van der Waals surface area contributed by atoms with Gasteiger partial charge in [-0.25, -0.2) is 9.97 Å². The first-order chi connectivity index (χ1) is 6.70. The van der Waals surface area contributed by atoms with Gasteiger partial charge in [-0.15, -0.1) is 0 Å². The predicted octanol–water partition coefficient (Wildman–Crippen LogP) is 1.28. The average Bonchev–Trinajstić information content (AvgIpc) is 2.15. The number of nitrogens with one attached hydrogen (secondary N) is 1. The van der Waals surface area contributed by atoms with Gasteiger partial charge in [0.25, 0.3) is 0 Å². The molecule has 74 valence electrons. The largest absolute Gasteiger partial charge is 0.353 e. The van der Waals surface area contributed by atoms with Crippen molar-refractivity contribution in [2.75, 3.05) is 6.54 Å². The lowest BCUT2D eigenvalue weighted by atomic mass is 10.3. The van der Waals surface area contributed by atoms with E-state index in [0.29, 0.717) is 11.7 Å². The van der Waals surface area contributed by atoms with E-state index in [1.165, 1.54) is 13.3 Å². The van der Waals surface area contributed by atoms with Gasteiger partial charge >= 0.3 is 0 Å². The van der Waals surface area contributed by atoms with E-state index in [0.717, 1.165) is 5.56 Å². The smallest absolute Gasteiger partial charge is 0.217 e. The molecule has 1 rings (SSSR count). The fourth-order valence-corrected chi connectivity index (χ4v) is 0.981. The van der Waals surface area contributed by atoms with Crippen LogP contribution < -0.4 is 5.32 Å². The van der Waals surface area contributed by atoms with Crippen LogP contribution in [0.2, 0.25) is 5.15 Å². The summed E-state index contributed by atoms with van der Waals surface area (Å²) < 4.78 is 0. The van der Waals surface area contributed by atoms with Crippen LogP contribution in [0.3, 0.4) is 0 Å². The average molecular weight is 212 g/mol. The van der Waals surface area contributed by atoms with Crippen LogP contribution in [0.4, 0.5) is 0 Å². The monoisotopic (exact) mass is 211 g/mol. The highest BCUT2D eigenvalue weighted by atomic mass is 35.5. The molecule has 0 aliphatic heterocycles. The lowest BCUT2D eigenvalue weighted by molar-refractivity contribution is -0.118. The summed E-state index contributed by atoms with van der Waals surface area (Å²) in [5.41, 5.74) is 0.736. The number of amides is 1. The van der Waals surface area contributed by atoms with Gasteiger partial charge in [0.05, 0.1) is 0 Å². The molecule has 1 heterocycles. The molecule has 0 aliphatic rings. The summed E-state index contributed by atoms with van der Waals surface area (Å²) >= 11 is 5.78. The van der Waals surface area contributed by atoms with E-state index in [1.54, 1.807) is 18.3 Å². The Morgan fingerprint density at radius 3 is 3.14 bits per heavy atom. The van der Waals surface area contributed by atoms with Crippen molar-refractivity contribution < 1.29 is 4.79 Å². The van der Waals surface area contributed by atoms with Gasteiger partial charge in [0.1, 0.15) is 11.5 Å². The van der Waals surface area contributed by atoms with Crippen molar-refractivity contribution >= 4 is 23.6 Å². The van der Waals surface area contributed by atoms with Crippen LogP contribution in [0.25, 0.3) is 6.08 Å². The highest BCUT2D eigenvalue weighted by molar-refractivity contribution is 6.30. The fourth-order valence-electron chi connectivity index (χ4n) is 0.826. The second-order valence-electron chi connectivity index (χ2n) is 2.61. The SMILES string of the molecule is CC(=O)NCC=Cc1cncnc1Cl. The van der Waals surface area contributed by atoms with Gasteiger partial charge in [-0.2, -0.15) is 0 Å². The summed E-state index contributed by atoms with van der Waals surface area (Å²) in [7, 11) is 0. The third-order valence-corrected chi connectivity index (χ3v) is 1.77. The minimum atomic E-state index is -0.0648. The number of halogens is 1. The maximum atomic E-state index is 10.5. The minimum absolute atomic E-state index is 0.0648. The molecule has 5 heteroatoms. The van der Waals surface area contributed by atoms with Gasteiger partial charge in [-0.05, 0) is 0 Å². The van der Waals surface area contributed by atoms with E-state index in [2.05, 4.69) is 15.3 Å². The van der Waals surface area contributed by atoms with E-state index < -0.39 is 0 Å². The third-order valence-electron chi connectivity index (χ3n) is 1.46. The van der Waals surface area contributed by atoms with Crippen LogP contribution in [0, 0.1) is 0 Å². The van der Waals surface area contributed by atoms with Crippen LogP contribution in [0.5, 0.6) is 0 Å². The molecular weight excluding hydrogens is 202 g/mol. The molecule has 4 nitrogen and oxygen atoms in total. The molecule has 0 aliphatic carbocycles. The lowest BCUT2D eigenvalue weighted by Crippen LogP contribution is -2.19. The molecule has 1 N–H and O–H groups in total. The molecule has 0 saturated heterocycles.